The number of fused-ring (bicyclic) bond motifs is 2. The lowest BCUT2D eigenvalue weighted by Crippen LogP contribution is -2.11. The van der Waals surface area contributed by atoms with Crippen molar-refractivity contribution in [3.63, 3.8) is 0 Å². The van der Waals surface area contributed by atoms with Crippen molar-refractivity contribution < 1.29 is 23.4 Å². The molecule has 3 aromatic carbocycles. The number of nitrogens with two attached hydrogens (primary N) is 1. The van der Waals surface area contributed by atoms with Gasteiger partial charge in [-0.25, -0.2) is 0 Å². The Morgan fingerprint density at radius 2 is 1.65 bits per heavy atom. The van der Waals surface area contributed by atoms with Gasteiger partial charge in [0.1, 0.15) is 22.8 Å². The third-order valence-electron chi connectivity index (χ3n) is 5.45. The third kappa shape index (κ3) is 3.76. The molecule has 0 fully saturated rings. The minimum atomic E-state index is -0.585. The van der Waals surface area contributed by atoms with E-state index in [4.69, 9.17) is 36.0 Å². The number of hydrogen-bond acceptors (Lipinski definition) is 6. The Balaban J connectivity index is 1.59. The van der Waals surface area contributed by atoms with E-state index in [-0.39, 0.29) is 0 Å². The van der Waals surface area contributed by atoms with Crippen LogP contribution in [0, 0.1) is 0 Å². The molecular weight excluding hydrogens is 456 g/mol. The Morgan fingerprint density at radius 3 is 2.35 bits per heavy atom. The minimum absolute atomic E-state index is 0.301. The van der Waals surface area contributed by atoms with Crippen LogP contribution in [-0.4, -0.2) is 25.1 Å². The Morgan fingerprint density at radius 1 is 0.912 bits per heavy atom. The number of primary amides is 1. The number of carbonyl (C=O) groups excluding carboxylic acids is 1. The molecule has 0 bridgehead atoms. The second-order valence-corrected chi connectivity index (χ2v) is 7.91. The van der Waals surface area contributed by atoms with E-state index in [1.54, 1.807) is 75.0 Å². The Kier molecular flexibility index (Phi) is 5.47. The van der Waals surface area contributed by atoms with Gasteiger partial charge in [-0.1, -0.05) is 11.6 Å². The number of ether oxygens (including phenoxy) is 3. The van der Waals surface area contributed by atoms with Crippen molar-refractivity contribution in [3.05, 3.63) is 77.4 Å². The van der Waals surface area contributed by atoms with Gasteiger partial charge in [0, 0.05) is 39.7 Å². The molecule has 170 valence electrons. The second-order valence-electron chi connectivity index (χ2n) is 7.47. The fraction of sp³-hybridized carbons (Fsp3) is 0.0769. The van der Waals surface area contributed by atoms with Gasteiger partial charge in [0.15, 0.2) is 11.5 Å². The predicted molar refractivity (Wildman–Crippen MR) is 130 cm³/mol. The van der Waals surface area contributed by atoms with Crippen molar-refractivity contribution >= 4 is 39.4 Å². The van der Waals surface area contributed by atoms with Crippen LogP contribution >= 0.6 is 11.6 Å². The number of rotatable bonds is 6. The minimum Gasteiger partial charge on any atom is -0.493 e. The van der Waals surface area contributed by atoms with E-state index in [0.717, 1.165) is 5.39 Å². The van der Waals surface area contributed by atoms with Crippen LogP contribution in [0.15, 0.2) is 71.3 Å². The zero-order chi connectivity index (χ0) is 23.8. The van der Waals surface area contributed by atoms with Crippen molar-refractivity contribution in [1.29, 1.82) is 0 Å². The van der Waals surface area contributed by atoms with Crippen molar-refractivity contribution in [2.24, 2.45) is 5.73 Å². The zero-order valence-electron chi connectivity index (χ0n) is 18.3. The summed E-state index contributed by atoms with van der Waals surface area (Å²) in [7, 11) is 3.14. The van der Waals surface area contributed by atoms with Crippen molar-refractivity contribution in [2.45, 2.75) is 0 Å². The first-order valence-electron chi connectivity index (χ1n) is 10.3. The molecule has 0 spiro atoms. The summed E-state index contributed by atoms with van der Waals surface area (Å²) < 4.78 is 23.0. The van der Waals surface area contributed by atoms with Crippen LogP contribution in [0.1, 0.15) is 10.4 Å². The lowest BCUT2D eigenvalue weighted by molar-refractivity contribution is 0.100. The van der Waals surface area contributed by atoms with Gasteiger partial charge in [-0.3, -0.25) is 9.78 Å². The van der Waals surface area contributed by atoms with Gasteiger partial charge < -0.3 is 24.4 Å². The molecule has 5 rings (SSSR count). The molecular formula is C26H19ClN2O5. The SMILES string of the molecule is COc1cc2nccc(Oc3ccc4c(C(N)=O)c(-c5ccc(Cl)cc5)oc4c3)c2cc1OC. The van der Waals surface area contributed by atoms with Gasteiger partial charge >= 0.3 is 0 Å². The first kappa shape index (κ1) is 21.6. The first-order valence-corrected chi connectivity index (χ1v) is 10.7. The maximum atomic E-state index is 12.2. The second kappa shape index (κ2) is 8.61. The Bertz CT molecular complexity index is 1540. The fourth-order valence-corrected chi connectivity index (χ4v) is 3.98. The van der Waals surface area contributed by atoms with Crippen LogP contribution in [0.25, 0.3) is 33.2 Å². The van der Waals surface area contributed by atoms with Gasteiger partial charge in [0.2, 0.25) is 0 Å². The number of hydrogen-bond donors (Lipinski definition) is 1. The normalized spacial score (nSPS) is 11.0. The summed E-state index contributed by atoms with van der Waals surface area (Å²) in [6.45, 7) is 0. The van der Waals surface area contributed by atoms with Gasteiger partial charge in [0.05, 0.1) is 25.3 Å². The van der Waals surface area contributed by atoms with Gasteiger partial charge in [-0.2, -0.15) is 0 Å². The number of nitrogens with zero attached hydrogens (tertiary/aromatic N) is 1. The highest BCUT2D eigenvalue weighted by Crippen LogP contribution is 2.39. The Labute approximate surface area is 199 Å². The number of aromatic nitrogens is 1. The van der Waals surface area contributed by atoms with E-state index < -0.39 is 5.91 Å². The smallest absolute Gasteiger partial charge is 0.253 e. The van der Waals surface area contributed by atoms with Crippen LogP contribution in [0.3, 0.4) is 0 Å². The molecule has 0 radical (unpaired) electrons. The summed E-state index contributed by atoms with van der Waals surface area (Å²) in [6.07, 6.45) is 1.65. The Hall–Kier alpha value is -4.23. The van der Waals surface area contributed by atoms with Crippen LogP contribution < -0.4 is 19.9 Å². The standard InChI is InChI=1S/C26H19ClN2O5/c1-31-22-12-18-19(13-23(22)32-2)29-10-9-20(18)33-16-7-8-17-21(11-16)34-25(24(17)26(28)30)14-3-5-15(27)6-4-14/h3-13H,1-2H3,(H2,28,30). The number of pyridine rings is 1. The fourth-order valence-electron chi connectivity index (χ4n) is 3.85. The van der Waals surface area contributed by atoms with Gasteiger partial charge in [-0.15, -0.1) is 0 Å². The summed E-state index contributed by atoms with van der Waals surface area (Å²) in [6, 6.07) is 17.6. The molecule has 0 atom stereocenters. The average Bonchev–Trinajstić information content (AvgIpc) is 3.23. The molecule has 0 aliphatic heterocycles. The molecule has 0 aliphatic carbocycles. The maximum absolute atomic E-state index is 12.2. The number of benzene rings is 3. The van der Waals surface area contributed by atoms with Crippen LogP contribution in [0.4, 0.5) is 0 Å². The van der Waals surface area contributed by atoms with Crippen molar-refractivity contribution in [1.82, 2.24) is 4.98 Å². The number of methoxy groups -OCH3 is 2. The highest BCUT2D eigenvalue weighted by molar-refractivity contribution is 6.30. The third-order valence-corrected chi connectivity index (χ3v) is 5.70. The van der Waals surface area contributed by atoms with Crippen molar-refractivity contribution in [3.8, 4) is 34.3 Å². The van der Waals surface area contributed by atoms with Crippen molar-refractivity contribution in [2.75, 3.05) is 14.2 Å². The monoisotopic (exact) mass is 474 g/mol. The lowest BCUT2D eigenvalue weighted by atomic mass is 10.1. The molecule has 0 unspecified atom stereocenters. The average molecular weight is 475 g/mol. The molecule has 7 nitrogen and oxygen atoms in total. The summed E-state index contributed by atoms with van der Waals surface area (Å²) in [4.78, 5) is 16.6. The topological polar surface area (TPSA) is 96.8 Å². The van der Waals surface area contributed by atoms with E-state index in [1.165, 1.54) is 0 Å². The summed E-state index contributed by atoms with van der Waals surface area (Å²) >= 11 is 6.00. The largest absolute Gasteiger partial charge is 0.493 e. The van der Waals surface area contributed by atoms with Crippen LogP contribution in [0.2, 0.25) is 5.02 Å². The number of amides is 1. The number of furan rings is 1. The molecule has 0 saturated carbocycles. The maximum Gasteiger partial charge on any atom is 0.253 e. The molecule has 1 amide bonds. The molecule has 0 aliphatic rings. The first-order chi connectivity index (χ1) is 16.5. The molecule has 0 saturated heterocycles. The molecule has 2 aromatic heterocycles. The van der Waals surface area contributed by atoms with Gasteiger partial charge in [-0.05, 0) is 48.5 Å². The highest BCUT2D eigenvalue weighted by atomic mass is 35.5. The number of halogens is 1. The van der Waals surface area contributed by atoms with Crippen LogP contribution in [-0.2, 0) is 0 Å². The van der Waals surface area contributed by atoms with E-state index in [9.17, 15) is 4.79 Å². The lowest BCUT2D eigenvalue weighted by Gasteiger charge is -2.12. The molecule has 2 heterocycles. The molecule has 2 N–H and O–H groups in total. The van der Waals surface area contributed by atoms with E-state index in [2.05, 4.69) is 4.98 Å². The summed E-state index contributed by atoms with van der Waals surface area (Å²) in [5.41, 5.74) is 7.83. The molecule has 34 heavy (non-hydrogen) atoms. The quantitative estimate of drug-likeness (QED) is 0.314. The predicted octanol–water partition coefficient (Wildman–Crippen LogP) is 6.21. The molecule has 5 aromatic rings. The van der Waals surface area contributed by atoms with Crippen LogP contribution in [0.5, 0.6) is 23.0 Å². The summed E-state index contributed by atoms with van der Waals surface area (Å²) in [5.74, 6) is 2.02. The highest BCUT2D eigenvalue weighted by Gasteiger charge is 2.21. The number of carbonyl (C=O) groups is 1. The zero-order valence-corrected chi connectivity index (χ0v) is 19.1. The summed E-state index contributed by atoms with van der Waals surface area (Å²) in [5, 5.41) is 1.92. The molecule has 8 heteroatoms. The van der Waals surface area contributed by atoms with E-state index in [0.29, 0.717) is 61.4 Å². The van der Waals surface area contributed by atoms with E-state index in [1.807, 2.05) is 6.07 Å². The van der Waals surface area contributed by atoms with E-state index >= 15 is 0 Å². The van der Waals surface area contributed by atoms with Gasteiger partial charge in [0.25, 0.3) is 5.91 Å².